The first-order chi connectivity index (χ1) is 14.5. The number of nitrogens with one attached hydrogen (secondary N) is 1. The normalized spacial score (nSPS) is 11.8. The van der Waals surface area contributed by atoms with Crippen molar-refractivity contribution in [3.05, 3.63) is 47.6 Å². The predicted octanol–water partition coefficient (Wildman–Crippen LogP) is 2.23. The molecule has 0 spiro atoms. The van der Waals surface area contributed by atoms with Crippen LogP contribution in [0.2, 0.25) is 0 Å². The van der Waals surface area contributed by atoms with Gasteiger partial charge in [0.05, 0.1) is 23.5 Å². The standard InChI is InChI=1S/C19H22N4O5S2/c1-27-10-8-23(9-11-28-2)30(25,26)15-5-3-14(4-6-15)18(24)22-17-16-7-12-29-19(16)21-13-20-17/h3-7,12-13H,8-11H2,1-2H3,(H,20,21,22,24). The first kappa shape index (κ1) is 22.2. The molecule has 0 saturated heterocycles. The van der Waals surface area contributed by atoms with Crippen LogP contribution in [0.15, 0.2) is 46.9 Å². The molecule has 9 nitrogen and oxygen atoms in total. The highest BCUT2D eigenvalue weighted by atomic mass is 32.2. The van der Waals surface area contributed by atoms with Gasteiger partial charge in [0.2, 0.25) is 10.0 Å². The van der Waals surface area contributed by atoms with E-state index >= 15 is 0 Å². The highest BCUT2D eigenvalue weighted by molar-refractivity contribution is 7.89. The van der Waals surface area contributed by atoms with E-state index in [0.717, 1.165) is 10.2 Å². The van der Waals surface area contributed by atoms with Crippen molar-refractivity contribution < 1.29 is 22.7 Å². The van der Waals surface area contributed by atoms with E-state index in [9.17, 15) is 13.2 Å². The molecule has 0 fully saturated rings. The predicted molar refractivity (Wildman–Crippen MR) is 114 cm³/mol. The summed E-state index contributed by atoms with van der Waals surface area (Å²) < 4.78 is 37.2. The van der Waals surface area contributed by atoms with Gasteiger partial charge in [0.1, 0.15) is 17.0 Å². The van der Waals surface area contributed by atoms with Crippen molar-refractivity contribution in [2.75, 3.05) is 45.8 Å². The van der Waals surface area contributed by atoms with Gasteiger partial charge in [0, 0.05) is 32.9 Å². The number of amides is 1. The molecule has 160 valence electrons. The molecule has 30 heavy (non-hydrogen) atoms. The fourth-order valence-corrected chi connectivity index (χ4v) is 4.88. The molecule has 0 radical (unpaired) electrons. The average molecular weight is 451 g/mol. The Morgan fingerprint density at radius 1 is 1.07 bits per heavy atom. The number of thiophene rings is 1. The number of anilines is 1. The van der Waals surface area contributed by atoms with Crippen LogP contribution < -0.4 is 5.32 Å². The fourth-order valence-electron chi connectivity index (χ4n) is 2.74. The van der Waals surface area contributed by atoms with Gasteiger partial charge < -0.3 is 14.8 Å². The Balaban J connectivity index is 1.77. The molecular formula is C19H22N4O5S2. The van der Waals surface area contributed by atoms with E-state index in [-0.39, 0.29) is 37.1 Å². The average Bonchev–Trinajstić information content (AvgIpc) is 3.23. The van der Waals surface area contributed by atoms with Gasteiger partial charge in [-0.25, -0.2) is 18.4 Å². The number of hydrogen-bond acceptors (Lipinski definition) is 8. The second-order valence-corrected chi connectivity index (χ2v) is 9.06. The number of hydrogen-bond donors (Lipinski definition) is 1. The maximum Gasteiger partial charge on any atom is 0.256 e. The molecule has 1 aromatic carbocycles. The molecule has 0 aliphatic heterocycles. The number of ether oxygens (including phenoxy) is 2. The summed E-state index contributed by atoms with van der Waals surface area (Å²) in [5.74, 6) is 0.0222. The maximum absolute atomic E-state index is 12.9. The summed E-state index contributed by atoms with van der Waals surface area (Å²) in [6.07, 6.45) is 1.39. The van der Waals surface area contributed by atoms with Gasteiger partial charge in [0.15, 0.2) is 0 Å². The molecule has 2 aromatic heterocycles. The largest absolute Gasteiger partial charge is 0.383 e. The molecule has 0 bridgehead atoms. The zero-order valence-corrected chi connectivity index (χ0v) is 18.2. The molecule has 2 heterocycles. The van der Waals surface area contributed by atoms with Gasteiger partial charge in [0.25, 0.3) is 5.91 Å². The number of benzene rings is 1. The fraction of sp³-hybridized carbons (Fsp3) is 0.316. The number of fused-ring (bicyclic) bond motifs is 1. The Morgan fingerprint density at radius 3 is 2.37 bits per heavy atom. The number of sulfonamides is 1. The van der Waals surface area contributed by atoms with Crippen LogP contribution in [0.5, 0.6) is 0 Å². The first-order valence-electron chi connectivity index (χ1n) is 9.05. The van der Waals surface area contributed by atoms with E-state index in [2.05, 4.69) is 15.3 Å². The SMILES string of the molecule is COCCN(CCOC)S(=O)(=O)c1ccc(C(=O)Nc2ncnc3sccc23)cc1. The quantitative estimate of drug-likeness (QED) is 0.504. The van der Waals surface area contributed by atoms with E-state index in [4.69, 9.17) is 9.47 Å². The third-order valence-electron chi connectivity index (χ3n) is 4.34. The van der Waals surface area contributed by atoms with Crippen LogP contribution in [0.3, 0.4) is 0 Å². The second-order valence-electron chi connectivity index (χ2n) is 6.23. The summed E-state index contributed by atoms with van der Waals surface area (Å²) in [6.45, 7) is 0.933. The number of methoxy groups -OCH3 is 2. The lowest BCUT2D eigenvalue weighted by molar-refractivity contribution is 0.102. The second kappa shape index (κ2) is 10.0. The van der Waals surface area contributed by atoms with Gasteiger partial charge >= 0.3 is 0 Å². The highest BCUT2D eigenvalue weighted by Crippen LogP contribution is 2.24. The molecule has 0 aliphatic carbocycles. The summed E-state index contributed by atoms with van der Waals surface area (Å²) in [5.41, 5.74) is 0.316. The Morgan fingerprint density at radius 2 is 1.73 bits per heavy atom. The van der Waals surface area contributed by atoms with Crippen LogP contribution in [-0.4, -0.2) is 69.1 Å². The van der Waals surface area contributed by atoms with Gasteiger partial charge in [-0.1, -0.05) is 0 Å². The van der Waals surface area contributed by atoms with E-state index < -0.39 is 10.0 Å². The maximum atomic E-state index is 12.9. The number of nitrogens with zero attached hydrogens (tertiary/aromatic N) is 3. The van der Waals surface area contributed by atoms with E-state index in [1.807, 2.05) is 11.4 Å². The van der Waals surface area contributed by atoms with Gasteiger partial charge in [-0.15, -0.1) is 11.3 Å². The monoisotopic (exact) mass is 450 g/mol. The van der Waals surface area contributed by atoms with Crippen LogP contribution in [-0.2, 0) is 19.5 Å². The summed E-state index contributed by atoms with van der Waals surface area (Å²) in [6, 6.07) is 7.60. The number of rotatable bonds is 10. The van der Waals surface area contributed by atoms with Crippen molar-refractivity contribution in [3.8, 4) is 0 Å². The number of carbonyl (C=O) groups excluding carboxylic acids is 1. The Labute approximate surface area is 178 Å². The van der Waals surface area contributed by atoms with Gasteiger partial charge in [-0.3, -0.25) is 4.79 Å². The zero-order chi connectivity index (χ0) is 21.6. The Hall–Kier alpha value is -2.44. The molecule has 0 atom stereocenters. The summed E-state index contributed by atoms with van der Waals surface area (Å²) >= 11 is 1.45. The lowest BCUT2D eigenvalue weighted by Gasteiger charge is -2.21. The van der Waals surface area contributed by atoms with Crippen LogP contribution in [0.4, 0.5) is 5.82 Å². The van der Waals surface area contributed by atoms with Crippen LogP contribution >= 0.6 is 11.3 Å². The van der Waals surface area contributed by atoms with Crippen molar-refractivity contribution in [2.24, 2.45) is 0 Å². The lowest BCUT2D eigenvalue weighted by atomic mass is 10.2. The van der Waals surface area contributed by atoms with Crippen molar-refractivity contribution in [1.82, 2.24) is 14.3 Å². The van der Waals surface area contributed by atoms with Gasteiger partial charge in [-0.2, -0.15) is 4.31 Å². The molecule has 0 aliphatic rings. The van der Waals surface area contributed by atoms with Crippen molar-refractivity contribution in [3.63, 3.8) is 0 Å². The third-order valence-corrected chi connectivity index (χ3v) is 7.07. The number of carbonyl (C=O) groups is 1. The molecule has 11 heteroatoms. The smallest absolute Gasteiger partial charge is 0.256 e. The van der Waals surface area contributed by atoms with E-state index in [0.29, 0.717) is 11.4 Å². The molecular weight excluding hydrogens is 428 g/mol. The lowest BCUT2D eigenvalue weighted by Crippen LogP contribution is -2.36. The van der Waals surface area contributed by atoms with Crippen LogP contribution in [0.25, 0.3) is 10.2 Å². The van der Waals surface area contributed by atoms with E-state index in [1.165, 1.54) is 60.5 Å². The number of aromatic nitrogens is 2. The van der Waals surface area contributed by atoms with E-state index in [1.54, 1.807) is 0 Å². The molecule has 0 unspecified atom stereocenters. The van der Waals surface area contributed by atoms with Crippen molar-refractivity contribution in [1.29, 1.82) is 0 Å². The minimum Gasteiger partial charge on any atom is -0.383 e. The van der Waals surface area contributed by atoms with Crippen molar-refractivity contribution >= 4 is 43.3 Å². The Kier molecular flexibility index (Phi) is 7.45. The first-order valence-corrected chi connectivity index (χ1v) is 11.4. The van der Waals surface area contributed by atoms with Crippen LogP contribution in [0, 0.1) is 0 Å². The molecule has 3 aromatic rings. The minimum absolute atomic E-state index is 0.0912. The van der Waals surface area contributed by atoms with Crippen molar-refractivity contribution in [2.45, 2.75) is 4.90 Å². The molecule has 0 saturated carbocycles. The summed E-state index contributed by atoms with van der Waals surface area (Å²) in [7, 11) is -0.726. The van der Waals surface area contributed by atoms with Crippen LogP contribution in [0.1, 0.15) is 10.4 Å². The third kappa shape index (κ3) is 4.99. The topological polar surface area (TPSA) is 111 Å². The molecule has 1 amide bonds. The Bertz CT molecular complexity index is 1090. The summed E-state index contributed by atoms with van der Waals surface area (Å²) in [5, 5.41) is 5.37. The summed E-state index contributed by atoms with van der Waals surface area (Å²) in [4.78, 5) is 21.7. The molecule has 1 N–H and O–H groups in total. The minimum atomic E-state index is -3.75. The van der Waals surface area contributed by atoms with Gasteiger partial charge in [-0.05, 0) is 35.7 Å². The highest BCUT2D eigenvalue weighted by Gasteiger charge is 2.24. The zero-order valence-electron chi connectivity index (χ0n) is 16.6. The molecule has 3 rings (SSSR count).